The first-order valence-electron chi connectivity index (χ1n) is 5.74. The van der Waals surface area contributed by atoms with Gasteiger partial charge in [0.2, 0.25) is 5.91 Å². The van der Waals surface area contributed by atoms with Crippen LogP contribution in [-0.2, 0) is 14.3 Å². The lowest BCUT2D eigenvalue weighted by Gasteiger charge is -2.20. The van der Waals surface area contributed by atoms with Crippen LogP contribution < -0.4 is 5.73 Å². The molecular formula is C11H22N2O3. The number of hydrogen-bond donors (Lipinski definition) is 1. The van der Waals surface area contributed by atoms with Crippen LogP contribution in [0.5, 0.6) is 0 Å². The van der Waals surface area contributed by atoms with E-state index < -0.39 is 6.04 Å². The first-order chi connectivity index (χ1) is 7.63. The number of rotatable bonds is 5. The van der Waals surface area contributed by atoms with Crippen LogP contribution in [0, 0.1) is 0 Å². The zero-order valence-electron chi connectivity index (χ0n) is 10.3. The molecule has 0 radical (unpaired) electrons. The molecule has 0 spiro atoms. The molecular weight excluding hydrogens is 208 g/mol. The van der Waals surface area contributed by atoms with E-state index in [1.54, 1.807) is 19.1 Å². The summed E-state index contributed by atoms with van der Waals surface area (Å²) in [6.45, 7) is 3.17. The van der Waals surface area contributed by atoms with E-state index in [-0.39, 0.29) is 18.1 Å². The van der Waals surface area contributed by atoms with Gasteiger partial charge in [-0.1, -0.05) is 13.3 Å². The van der Waals surface area contributed by atoms with Crippen LogP contribution >= 0.6 is 0 Å². The van der Waals surface area contributed by atoms with E-state index in [9.17, 15) is 4.79 Å². The van der Waals surface area contributed by atoms with Gasteiger partial charge in [-0.2, -0.15) is 0 Å². The Labute approximate surface area is 96.9 Å². The maximum absolute atomic E-state index is 11.9. The molecule has 1 rings (SSSR count). The van der Waals surface area contributed by atoms with Crippen LogP contribution in [-0.4, -0.2) is 56.4 Å². The third-order valence-corrected chi connectivity index (χ3v) is 3.05. The van der Waals surface area contributed by atoms with E-state index in [0.29, 0.717) is 13.1 Å². The smallest absolute Gasteiger partial charge is 0.239 e. The number of nitrogens with two attached hydrogens (primary N) is 1. The van der Waals surface area contributed by atoms with E-state index in [0.717, 1.165) is 12.8 Å². The van der Waals surface area contributed by atoms with E-state index in [1.165, 1.54) is 0 Å². The quantitative estimate of drug-likeness (QED) is 0.721. The molecule has 0 aromatic rings. The predicted molar refractivity (Wildman–Crippen MR) is 61.1 cm³/mol. The van der Waals surface area contributed by atoms with Crippen molar-refractivity contribution < 1.29 is 14.3 Å². The summed E-state index contributed by atoms with van der Waals surface area (Å²) in [6, 6.07) is -0.391. The molecule has 1 fully saturated rings. The Hall–Kier alpha value is -0.650. The minimum atomic E-state index is -0.391. The van der Waals surface area contributed by atoms with Gasteiger partial charge in [-0.15, -0.1) is 0 Å². The second-order valence-corrected chi connectivity index (χ2v) is 4.19. The number of hydrogen-bond acceptors (Lipinski definition) is 4. The largest absolute Gasteiger partial charge is 0.377 e. The number of methoxy groups -OCH3 is 2. The van der Waals surface area contributed by atoms with Crippen molar-refractivity contribution in [2.75, 3.05) is 27.3 Å². The highest BCUT2D eigenvalue weighted by molar-refractivity contribution is 5.82. The number of nitrogens with zero attached hydrogens (tertiary/aromatic N) is 1. The summed E-state index contributed by atoms with van der Waals surface area (Å²) in [7, 11) is 3.27. The first-order valence-corrected chi connectivity index (χ1v) is 5.74. The van der Waals surface area contributed by atoms with Gasteiger partial charge in [-0.05, 0) is 6.42 Å². The molecule has 0 aromatic heterocycles. The summed E-state index contributed by atoms with van der Waals surface area (Å²) >= 11 is 0. The molecule has 5 nitrogen and oxygen atoms in total. The van der Waals surface area contributed by atoms with Crippen LogP contribution in [0.25, 0.3) is 0 Å². The molecule has 2 unspecified atom stereocenters. The molecule has 16 heavy (non-hydrogen) atoms. The Morgan fingerprint density at radius 1 is 1.38 bits per heavy atom. The molecule has 3 atom stereocenters. The summed E-state index contributed by atoms with van der Waals surface area (Å²) in [6.07, 6.45) is 1.57. The Kier molecular flexibility index (Phi) is 5.18. The predicted octanol–water partition coefficient (Wildman–Crippen LogP) is -0.0140. The van der Waals surface area contributed by atoms with Crippen molar-refractivity contribution in [1.29, 1.82) is 0 Å². The van der Waals surface area contributed by atoms with Crippen LogP contribution in [0.4, 0.5) is 0 Å². The molecule has 0 aliphatic carbocycles. The van der Waals surface area contributed by atoms with Gasteiger partial charge in [0.25, 0.3) is 0 Å². The molecule has 1 amide bonds. The van der Waals surface area contributed by atoms with Crippen molar-refractivity contribution in [2.45, 2.75) is 38.0 Å². The van der Waals surface area contributed by atoms with Crippen molar-refractivity contribution in [3.8, 4) is 0 Å². The highest BCUT2D eigenvalue weighted by Crippen LogP contribution is 2.16. The number of carbonyl (C=O) groups excluding carboxylic acids is 1. The second kappa shape index (κ2) is 6.18. The average molecular weight is 230 g/mol. The number of carbonyl (C=O) groups is 1. The number of ether oxygens (including phenoxy) is 2. The lowest BCUT2D eigenvalue weighted by atomic mass is 10.1. The fraction of sp³-hybridized carbons (Fsp3) is 0.909. The fourth-order valence-corrected chi connectivity index (χ4v) is 2.05. The molecule has 0 bridgehead atoms. The Morgan fingerprint density at radius 2 is 1.88 bits per heavy atom. The van der Waals surface area contributed by atoms with Crippen molar-refractivity contribution in [1.82, 2.24) is 4.90 Å². The Morgan fingerprint density at radius 3 is 2.25 bits per heavy atom. The molecule has 0 saturated carbocycles. The van der Waals surface area contributed by atoms with E-state index in [4.69, 9.17) is 15.2 Å². The summed E-state index contributed by atoms with van der Waals surface area (Å²) in [5.74, 6) is 0.00319. The molecule has 5 heteroatoms. The first kappa shape index (κ1) is 13.4. The van der Waals surface area contributed by atoms with E-state index >= 15 is 0 Å². The second-order valence-electron chi connectivity index (χ2n) is 4.19. The SMILES string of the molecule is CCC[C@H](N)C(=O)N1CC(OC)C(OC)C1. The zero-order valence-corrected chi connectivity index (χ0v) is 10.3. The van der Waals surface area contributed by atoms with Crippen LogP contribution in [0.15, 0.2) is 0 Å². The topological polar surface area (TPSA) is 64.8 Å². The molecule has 94 valence electrons. The van der Waals surface area contributed by atoms with Gasteiger partial charge in [-0.25, -0.2) is 0 Å². The van der Waals surface area contributed by atoms with Gasteiger partial charge in [-0.3, -0.25) is 4.79 Å². The van der Waals surface area contributed by atoms with Gasteiger partial charge >= 0.3 is 0 Å². The lowest BCUT2D eigenvalue weighted by Crippen LogP contribution is -2.43. The van der Waals surface area contributed by atoms with Crippen LogP contribution in [0.1, 0.15) is 19.8 Å². The number of likely N-dealkylation sites (tertiary alicyclic amines) is 1. The van der Waals surface area contributed by atoms with Gasteiger partial charge in [0.15, 0.2) is 0 Å². The minimum Gasteiger partial charge on any atom is -0.377 e. The normalized spacial score (nSPS) is 27.1. The fourth-order valence-electron chi connectivity index (χ4n) is 2.05. The zero-order chi connectivity index (χ0) is 12.1. The summed E-state index contributed by atoms with van der Waals surface area (Å²) in [4.78, 5) is 13.7. The van der Waals surface area contributed by atoms with Crippen LogP contribution in [0.2, 0.25) is 0 Å². The Bertz CT molecular complexity index is 223. The maximum Gasteiger partial charge on any atom is 0.239 e. The van der Waals surface area contributed by atoms with Crippen molar-refractivity contribution in [3.63, 3.8) is 0 Å². The molecule has 1 aliphatic rings. The van der Waals surface area contributed by atoms with Gasteiger partial charge in [0.1, 0.15) is 12.2 Å². The Balaban J connectivity index is 2.53. The monoisotopic (exact) mass is 230 g/mol. The van der Waals surface area contributed by atoms with Crippen molar-refractivity contribution >= 4 is 5.91 Å². The van der Waals surface area contributed by atoms with Crippen molar-refractivity contribution in [2.24, 2.45) is 5.73 Å². The van der Waals surface area contributed by atoms with Crippen LogP contribution in [0.3, 0.4) is 0 Å². The summed E-state index contributed by atoms with van der Waals surface area (Å²) < 4.78 is 10.6. The van der Waals surface area contributed by atoms with E-state index in [2.05, 4.69) is 0 Å². The summed E-state index contributed by atoms with van der Waals surface area (Å²) in [5, 5.41) is 0. The number of amides is 1. The highest BCUT2D eigenvalue weighted by atomic mass is 16.5. The molecule has 1 saturated heterocycles. The third kappa shape index (κ3) is 2.93. The van der Waals surface area contributed by atoms with E-state index in [1.807, 2.05) is 6.92 Å². The summed E-state index contributed by atoms with van der Waals surface area (Å²) in [5.41, 5.74) is 5.81. The maximum atomic E-state index is 11.9. The van der Waals surface area contributed by atoms with Gasteiger partial charge in [0.05, 0.1) is 6.04 Å². The molecule has 0 aromatic carbocycles. The average Bonchev–Trinajstić information content (AvgIpc) is 2.71. The third-order valence-electron chi connectivity index (χ3n) is 3.05. The highest BCUT2D eigenvalue weighted by Gasteiger charge is 2.36. The standard InChI is InChI=1S/C11H22N2O3/c1-4-5-8(12)11(14)13-6-9(15-2)10(7-13)16-3/h8-10H,4-7,12H2,1-3H3/t8-,9?,10?/m0/s1. The molecule has 2 N–H and O–H groups in total. The molecule has 1 aliphatic heterocycles. The van der Waals surface area contributed by atoms with Crippen molar-refractivity contribution in [3.05, 3.63) is 0 Å². The van der Waals surface area contributed by atoms with Gasteiger partial charge < -0.3 is 20.1 Å². The molecule has 1 heterocycles. The minimum absolute atomic E-state index is 0.00319. The van der Waals surface area contributed by atoms with Gasteiger partial charge in [0, 0.05) is 27.3 Å². The lowest BCUT2D eigenvalue weighted by molar-refractivity contribution is -0.132.